The van der Waals surface area contributed by atoms with Gasteiger partial charge in [-0.1, -0.05) is 13.8 Å². The van der Waals surface area contributed by atoms with E-state index in [1.54, 1.807) is 12.3 Å². The van der Waals surface area contributed by atoms with Crippen LogP contribution in [0.5, 0.6) is 5.75 Å². The van der Waals surface area contributed by atoms with E-state index in [0.29, 0.717) is 18.1 Å². The number of anilines is 1. The highest BCUT2D eigenvalue weighted by atomic mass is 79.9. The first kappa shape index (κ1) is 15.5. The van der Waals surface area contributed by atoms with E-state index < -0.39 is 0 Å². The highest BCUT2D eigenvalue weighted by Crippen LogP contribution is 2.17. The van der Waals surface area contributed by atoms with Crippen molar-refractivity contribution in [1.82, 2.24) is 4.98 Å². The number of ether oxygens (including phenoxy) is 1. The molecule has 0 spiro atoms. The number of benzene rings is 1. The Bertz CT molecular complexity index is 612. The van der Waals surface area contributed by atoms with Crippen molar-refractivity contribution < 1.29 is 9.53 Å². The van der Waals surface area contributed by atoms with Gasteiger partial charge in [0.05, 0.1) is 12.2 Å². The molecule has 1 heterocycles. The molecule has 2 aromatic rings. The predicted octanol–water partition coefficient (Wildman–Crippen LogP) is 4.13. The number of amides is 1. The third-order valence-electron chi connectivity index (χ3n) is 2.66. The lowest BCUT2D eigenvalue weighted by Crippen LogP contribution is -2.12. The highest BCUT2D eigenvalue weighted by molar-refractivity contribution is 9.10. The number of carbonyl (C=O) groups excluding carboxylic acids is 1. The monoisotopic (exact) mass is 348 g/mol. The summed E-state index contributed by atoms with van der Waals surface area (Å²) in [7, 11) is 0. The second-order valence-electron chi connectivity index (χ2n) is 5.08. The Balaban J connectivity index is 1.98. The van der Waals surface area contributed by atoms with E-state index in [4.69, 9.17) is 4.74 Å². The van der Waals surface area contributed by atoms with Gasteiger partial charge in [-0.3, -0.25) is 9.78 Å². The summed E-state index contributed by atoms with van der Waals surface area (Å²) in [6, 6.07) is 9.05. The van der Waals surface area contributed by atoms with Gasteiger partial charge in [-0.2, -0.15) is 0 Å². The van der Waals surface area contributed by atoms with Crippen LogP contribution in [0.2, 0.25) is 0 Å². The lowest BCUT2D eigenvalue weighted by molar-refractivity contribution is 0.102. The molecule has 0 bridgehead atoms. The molecule has 0 atom stereocenters. The Morgan fingerprint density at radius 1 is 1.29 bits per heavy atom. The van der Waals surface area contributed by atoms with Crippen molar-refractivity contribution in [2.24, 2.45) is 5.92 Å². The van der Waals surface area contributed by atoms with Crippen LogP contribution < -0.4 is 10.1 Å². The average molecular weight is 349 g/mol. The third-order valence-corrected chi connectivity index (χ3v) is 3.10. The molecule has 21 heavy (non-hydrogen) atoms. The van der Waals surface area contributed by atoms with Gasteiger partial charge in [0.2, 0.25) is 0 Å². The van der Waals surface area contributed by atoms with Crippen LogP contribution in [0.1, 0.15) is 24.2 Å². The molecule has 1 aromatic heterocycles. The van der Waals surface area contributed by atoms with Gasteiger partial charge in [-0.05, 0) is 52.2 Å². The summed E-state index contributed by atoms with van der Waals surface area (Å²) in [5, 5.41) is 2.82. The van der Waals surface area contributed by atoms with Crippen LogP contribution in [0.3, 0.4) is 0 Å². The van der Waals surface area contributed by atoms with Crippen molar-refractivity contribution in [1.29, 1.82) is 0 Å². The molecule has 0 unspecified atom stereocenters. The van der Waals surface area contributed by atoms with Crippen molar-refractivity contribution in [3.05, 3.63) is 52.8 Å². The van der Waals surface area contributed by atoms with Crippen LogP contribution in [-0.4, -0.2) is 17.5 Å². The summed E-state index contributed by atoms with van der Waals surface area (Å²) in [5.41, 5.74) is 1.22. The van der Waals surface area contributed by atoms with Gasteiger partial charge in [-0.15, -0.1) is 0 Å². The maximum Gasteiger partial charge on any atom is 0.257 e. The molecule has 1 amide bonds. The minimum absolute atomic E-state index is 0.195. The second-order valence-corrected chi connectivity index (χ2v) is 5.99. The number of hydrogen-bond acceptors (Lipinski definition) is 3. The van der Waals surface area contributed by atoms with Crippen LogP contribution in [-0.2, 0) is 0 Å². The molecule has 1 N–H and O–H groups in total. The Kier molecular flexibility index (Phi) is 5.33. The van der Waals surface area contributed by atoms with Crippen molar-refractivity contribution >= 4 is 27.5 Å². The molecule has 0 aliphatic carbocycles. The van der Waals surface area contributed by atoms with Crippen LogP contribution in [0.4, 0.5) is 5.69 Å². The van der Waals surface area contributed by atoms with Crippen LogP contribution >= 0.6 is 15.9 Å². The van der Waals surface area contributed by atoms with Crippen LogP contribution in [0, 0.1) is 5.92 Å². The summed E-state index contributed by atoms with van der Waals surface area (Å²) in [6.07, 6.45) is 3.16. The van der Waals surface area contributed by atoms with Gasteiger partial charge >= 0.3 is 0 Å². The average Bonchev–Trinajstić information content (AvgIpc) is 2.46. The Labute approximate surface area is 132 Å². The molecule has 110 valence electrons. The fraction of sp³-hybridized carbons (Fsp3) is 0.250. The van der Waals surface area contributed by atoms with E-state index in [0.717, 1.165) is 15.9 Å². The summed E-state index contributed by atoms with van der Waals surface area (Å²) in [4.78, 5) is 16.0. The summed E-state index contributed by atoms with van der Waals surface area (Å²) in [5.74, 6) is 1.08. The molecule has 0 saturated heterocycles. The van der Waals surface area contributed by atoms with E-state index in [1.165, 1.54) is 6.20 Å². The highest BCUT2D eigenvalue weighted by Gasteiger charge is 2.07. The number of nitrogens with one attached hydrogen (secondary N) is 1. The first-order valence-corrected chi connectivity index (χ1v) is 7.48. The van der Waals surface area contributed by atoms with Crippen molar-refractivity contribution in [3.8, 4) is 5.75 Å². The largest absolute Gasteiger partial charge is 0.493 e. The standard InChI is InChI=1S/C16H17BrN2O2/c1-11(2)10-21-15-5-3-14(4-6-15)19-16(20)12-7-13(17)9-18-8-12/h3-9,11H,10H2,1-2H3,(H,19,20). The molecule has 5 heteroatoms. The maximum atomic E-state index is 12.1. The van der Waals surface area contributed by atoms with E-state index in [9.17, 15) is 4.79 Å². The first-order valence-electron chi connectivity index (χ1n) is 6.69. The zero-order valence-corrected chi connectivity index (χ0v) is 13.6. The van der Waals surface area contributed by atoms with Crippen molar-refractivity contribution in [2.75, 3.05) is 11.9 Å². The number of aromatic nitrogens is 1. The van der Waals surface area contributed by atoms with Crippen molar-refractivity contribution in [3.63, 3.8) is 0 Å². The maximum absolute atomic E-state index is 12.1. The molecule has 0 aliphatic heterocycles. The Morgan fingerprint density at radius 2 is 2.00 bits per heavy atom. The SMILES string of the molecule is CC(C)COc1ccc(NC(=O)c2cncc(Br)c2)cc1. The minimum Gasteiger partial charge on any atom is -0.493 e. The topological polar surface area (TPSA) is 51.2 Å². The number of carbonyl (C=O) groups is 1. The summed E-state index contributed by atoms with van der Waals surface area (Å²) < 4.78 is 6.37. The minimum atomic E-state index is -0.195. The van der Waals surface area contributed by atoms with Crippen LogP contribution in [0.15, 0.2) is 47.2 Å². The molecule has 0 fully saturated rings. The second kappa shape index (κ2) is 7.22. The van der Waals surface area contributed by atoms with E-state index in [1.807, 2.05) is 24.3 Å². The first-order chi connectivity index (χ1) is 10.0. The third kappa shape index (κ3) is 4.86. The van der Waals surface area contributed by atoms with Gasteiger partial charge in [0.25, 0.3) is 5.91 Å². The summed E-state index contributed by atoms with van der Waals surface area (Å²) in [6.45, 7) is 4.87. The van der Waals surface area contributed by atoms with Gasteiger partial charge in [0.15, 0.2) is 0 Å². The number of pyridine rings is 1. The molecule has 0 aliphatic rings. The quantitative estimate of drug-likeness (QED) is 0.883. The molecule has 0 radical (unpaired) electrons. The van der Waals surface area contributed by atoms with E-state index >= 15 is 0 Å². The number of hydrogen-bond donors (Lipinski definition) is 1. The van der Waals surface area contributed by atoms with Crippen molar-refractivity contribution in [2.45, 2.75) is 13.8 Å². The van der Waals surface area contributed by atoms with Gasteiger partial charge < -0.3 is 10.1 Å². The van der Waals surface area contributed by atoms with Gasteiger partial charge in [-0.25, -0.2) is 0 Å². The van der Waals surface area contributed by atoms with E-state index in [-0.39, 0.29) is 5.91 Å². The molecular weight excluding hydrogens is 332 g/mol. The zero-order valence-electron chi connectivity index (χ0n) is 12.0. The van der Waals surface area contributed by atoms with Crippen LogP contribution in [0.25, 0.3) is 0 Å². The molecular formula is C16H17BrN2O2. The molecule has 0 saturated carbocycles. The molecule has 4 nitrogen and oxygen atoms in total. The van der Waals surface area contributed by atoms with Gasteiger partial charge in [0.1, 0.15) is 5.75 Å². The Morgan fingerprint density at radius 3 is 2.62 bits per heavy atom. The summed E-state index contributed by atoms with van der Waals surface area (Å²) >= 11 is 3.30. The number of nitrogens with zero attached hydrogens (tertiary/aromatic N) is 1. The zero-order chi connectivity index (χ0) is 15.2. The fourth-order valence-corrected chi connectivity index (χ4v) is 2.00. The lowest BCUT2D eigenvalue weighted by atomic mass is 10.2. The van der Waals surface area contributed by atoms with Gasteiger partial charge in [0, 0.05) is 22.6 Å². The normalized spacial score (nSPS) is 10.5. The predicted molar refractivity (Wildman–Crippen MR) is 86.7 cm³/mol. The molecule has 1 aromatic carbocycles. The van der Waals surface area contributed by atoms with E-state index in [2.05, 4.69) is 40.1 Å². The fourth-order valence-electron chi connectivity index (χ4n) is 1.64. The number of halogens is 1. The number of rotatable bonds is 5. The lowest BCUT2D eigenvalue weighted by Gasteiger charge is -2.10. The molecule has 2 rings (SSSR count). The smallest absolute Gasteiger partial charge is 0.257 e. The Hall–Kier alpha value is -1.88.